The van der Waals surface area contributed by atoms with Crippen LogP contribution in [-0.2, 0) is 21.6 Å². The van der Waals surface area contributed by atoms with E-state index >= 15 is 0 Å². The van der Waals surface area contributed by atoms with Crippen molar-refractivity contribution in [2.75, 3.05) is 7.11 Å². The molecule has 2 aromatic heterocycles. The zero-order valence-electron chi connectivity index (χ0n) is 20.8. The highest BCUT2D eigenvalue weighted by atomic mass is 35.5. The summed E-state index contributed by atoms with van der Waals surface area (Å²) in [6.07, 6.45) is 6.64. The van der Waals surface area contributed by atoms with Gasteiger partial charge in [0.1, 0.15) is 16.9 Å². The number of aliphatic carboxylic acids is 1. The number of carbonyl (C=O) groups is 2. The van der Waals surface area contributed by atoms with Crippen LogP contribution < -0.4 is 0 Å². The maximum atomic E-state index is 14.5. The number of rotatable bonds is 5. The number of carboxylic acids is 1. The monoisotopic (exact) mass is 550 g/mol. The van der Waals surface area contributed by atoms with Crippen LogP contribution in [0, 0.1) is 6.92 Å². The van der Waals surface area contributed by atoms with Crippen molar-refractivity contribution >= 4 is 51.6 Å². The molecule has 7 nitrogen and oxygen atoms in total. The van der Waals surface area contributed by atoms with E-state index in [9.17, 15) is 14.7 Å². The molecule has 4 aromatic rings. The van der Waals surface area contributed by atoms with Gasteiger partial charge in [0.05, 0.1) is 10.5 Å². The fraction of sp³-hybridized carbons (Fsp3) is 0.276. The molecule has 1 saturated carbocycles. The summed E-state index contributed by atoms with van der Waals surface area (Å²) in [5.74, 6) is -0.920. The van der Waals surface area contributed by atoms with Crippen LogP contribution in [0.3, 0.4) is 0 Å². The Balaban J connectivity index is 1.59. The second-order valence-corrected chi connectivity index (χ2v) is 10.7. The molecule has 1 N–H and O–H groups in total. The van der Waals surface area contributed by atoms with Crippen molar-refractivity contribution in [3.05, 3.63) is 80.7 Å². The average molecular weight is 551 g/mol. The highest BCUT2D eigenvalue weighted by Gasteiger charge is 2.47. The fourth-order valence-electron chi connectivity index (χ4n) is 5.81. The van der Waals surface area contributed by atoms with Crippen LogP contribution in [0.5, 0.6) is 0 Å². The number of hydrogen-bond acceptors (Lipinski definition) is 5. The molecule has 2 aliphatic carbocycles. The van der Waals surface area contributed by atoms with Crippen molar-refractivity contribution in [1.82, 2.24) is 9.72 Å². The number of aromatic nitrogens is 2. The smallest absolute Gasteiger partial charge is 0.328 e. The third-order valence-corrected chi connectivity index (χ3v) is 8.31. The molecule has 0 saturated heterocycles. The van der Waals surface area contributed by atoms with Crippen LogP contribution >= 0.6 is 23.2 Å². The molecule has 38 heavy (non-hydrogen) atoms. The Bertz CT molecular complexity index is 1650. The maximum Gasteiger partial charge on any atom is 0.328 e. The van der Waals surface area contributed by atoms with Crippen LogP contribution in [0.25, 0.3) is 27.7 Å². The Hall–Kier alpha value is -3.39. The van der Waals surface area contributed by atoms with Crippen molar-refractivity contribution in [2.24, 2.45) is 0 Å². The fourth-order valence-corrected chi connectivity index (χ4v) is 6.50. The number of hydrogen-bond donors (Lipinski definition) is 1. The number of ether oxygens (including phenoxy) is 1. The Morgan fingerprint density at radius 1 is 1.21 bits per heavy atom. The normalized spacial score (nSPS) is 17.1. The summed E-state index contributed by atoms with van der Waals surface area (Å²) in [6.45, 7) is 1.86. The lowest BCUT2D eigenvalue weighted by molar-refractivity contribution is -0.131. The van der Waals surface area contributed by atoms with Crippen molar-refractivity contribution in [3.8, 4) is 11.3 Å². The highest BCUT2D eigenvalue weighted by molar-refractivity contribution is 6.36. The molecule has 2 aliphatic rings. The van der Waals surface area contributed by atoms with Crippen LogP contribution in [0.1, 0.15) is 58.5 Å². The van der Waals surface area contributed by atoms with Gasteiger partial charge in [-0.05, 0) is 79.5 Å². The average Bonchev–Trinajstić information content (AvgIpc) is 3.43. The third kappa shape index (κ3) is 3.72. The van der Waals surface area contributed by atoms with Crippen LogP contribution in [-0.4, -0.2) is 33.8 Å². The minimum atomic E-state index is -0.990. The molecule has 2 aromatic carbocycles. The number of benzene rings is 2. The summed E-state index contributed by atoms with van der Waals surface area (Å²) in [5.41, 5.74) is 4.47. The lowest BCUT2D eigenvalue weighted by Crippen LogP contribution is -2.37. The van der Waals surface area contributed by atoms with Gasteiger partial charge in [0, 0.05) is 35.4 Å². The Morgan fingerprint density at radius 3 is 2.66 bits per heavy atom. The van der Waals surface area contributed by atoms with Gasteiger partial charge in [0.25, 0.3) is 5.91 Å². The molecule has 0 radical (unpaired) electrons. The van der Waals surface area contributed by atoms with E-state index in [2.05, 4.69) is 5.16 Å². The molecule has 0 atom stereocenters. The Labute approximate surface area is 228 Å². The molecule has 9 heteroatoms. The van der Waals surface area contributed by atoms with Crippen LogP contribution in [0.15, 0.2) is 47.1 Å². The molecule has 0 aliphatic heterocycles. The summed E-state index contributed by atoms with van der Waals surface area (Å²) >= 11 is 12.9. The lowest BCUT2D eigenvalue weighted by Gasteiger charge is -2.38. The summed E-state index contributed by atoms with van der Waals surface area (Å²) in [4.78, 5) is 25.9. The second kappa shape index (κ2) is 9.12. The third-order valence-electron chi connectivity index (χ3n) is 7.79. The molecule has 0 amide bonds. The van der Waals surface area contributed by atoms with Gasteiger partial charge in [-0.1, -0.05) is 40.5 Å². The summed E-state index contributed by atoms with van der Waals surface area (Å²) in [6, 6.07) is 9.00. The maximum absolute atomic E-state index is 14.5. The minimum absolute atomic E-state index is 0.299. The first-order valence-corrected chi connectivity index (χ1v) is 13.1. The molecular weight excluding hydrogens is 527 g/mol. The summed E-state index contributed by atoms with van der Waals surface area (Å²) in [7, 11) is 1.62. The van der Waals surface area contributed by atoms with Crippen molar-refractivity contribution in [1.29, 1.82) is 0 Å². The van der Waals surface area contributed by atoms with Crippen molar-refractivity contribution < 1.29 is 24.0 Å². The molecule has 0 unspecified atom stereocenters. The Morgan fingerprint density at radius 2 is 2.00 bits per heavy atom. The number of carboxylic acid groups (broad SMARTS) is 1. The number of carbonyl (C=O) groups excluding carboxylic acids is 1. The quantitative estimate of drug-likeness (QED) is 0.268. The van der Waals surface area contributed by atoms with Gasteiger partial charge in [-0.2, -0.15) is 0 Å². The van der Waals surface area contributed by atoms with Gasteiger partial charge < -0.3 is 14.4 Å². The van der Waals surface area contributed by atoms with Gasteiger partial charge in [0.15, 0.2) is 5.76 Å². The minimum Gasteiger partial charge on any atom is -0.478 e. The summed E-state index contributed by atoms with van der Waals surface area (Å²) in [5, 5.41) is 15.5. The summed E-state index contributed by atoms with van der Waals surface area (Å²) < 4.78 is 13.4. The van der Waals surface area contributed by atoms with E-state index in [1.807, 2.05) is 31.3 Å². The van der Waals surface area contributed by atoms with Crippen molar-refractivity contribution in [3.63, 3.8) is 0 Å². The Kier molecular flexibility index (Phi) is 5.98. The second-order valence-electron chi connectivity index (χ2n) is 9.90. The molecule has 194 valence electrons. The number of halogens is 2. The molecule has 0 spiro atoms. The zero-order valence-corrected chi connectivity index (χ0v) is 22.3. The largest absolute Gasteiger partial charge is 0.478 e. The first-order valence-electron chi connectivity index (χ1n) is 12.4. The number of allylic oxidation sites excluding steroid dienone is 1. The molecular formula is C29H24Cl2N2O5. The topological polar surface area (TPSA) is 94.6 Å². The van der Waals surface area contributed by atoms with Crippen LogP contribution in [0.4, 0.5) is 0 Å². The van der Waals surface area contributed by atoms with Crippen molar-refractivity contribution in [2.45, 2.75) is 44.6 Å². The SMILES string of the molecule is COC1(c2onc(-c3c(C)cc(Cl)cc3Cl)c2C(=O)n2cc3c4c(cccc42)/C(=C/C(=O)O)CC3)CCC1. The first-order chi connectivity index (χ1) is 18.2. The van der Waals surface area contributed by atoms with E-state index in [1.54, 1.807) is 23.8 Å². The van der Waals surface area contributed by atoms with E-state index in [0.29, 0.717) is 63.8 Å². The standard InChI is InChI=1S/C29H24Cl2N2O5/c1-15-11-18(30)13-20(31)23(15)26-25(27(38-32-26)29(37-2)9-4-10-29)28(36)33-14-17-8-7-16(12-22(34)35)19-5-3-6-21(33)24(17)19/h3,5-6,11-14H,4,7-10H2,1-2H3,(H,34,35)/b16-12+. The van der Waals surface area contributed by atoms with Gasteiger partial charge >= 0.3 is 5.97 Å². The van der Waals surface area contributed by atoms with E-state index in [4.69, 9.17) is 32.5 Å². The van der Waals surface area contributed by atoms with E-state index in [0.717, 1.165) is 34.1 Å². The van der Waals surface area contributed by atoms with Gasteiger partial charge in [-0.3, -0.25) is 9.36 Å². The van der Waals surface area contributed by atoms with Crippen LogP contribution in [0.2, 0.25) is 10.0 Å². The molecule has 2 heterocycles. The van der Waals surface area contributed by atoms with Gasteiger partial charge in [-0.25, -0.2) is 4.79 Å². The van der Waals surface area contributed by atoms with E-state index in [-0.39, 0.29) is 5.91 Å². The highest BCUT2D eigenvalue weighted by Crippen LogP contribution is 2.49. The molecule has 1 fully saturated rings. The van der Waals surface area contributed by atoms with Gasteiger partial charge in [0.2, 0.25) is 0 Å². The lowest BCUT2D eigenvalue weighted by atomic mass is 9.76. The van der Waals surface area contributed by atoms with E-state index in [1.165, 1.54) is 6.08 Å². The first kappa shape index (κ1) is 24.9. The molecule has 6 rings (SSSR count). The van der Waals surface area contributed by atoms with Gasteiger partial charge in [-0.15, -0.1) is 0 Å². The number of methoxy groups -OCH3 is 1. The number of aryl methyl sites for hydroxylation is 2. The zero-order chi connectivity index (χ0) is 26.8. The molecule has 0 bridgehead atoms. The predicted octanol–water partition coefficient (Wildman–Crippen LogP) is 7.04. The predicted molar refractivity (Wildman–Crippen MR) is 145 cm³/mol. The van der Waals surface area contributed by atoms with E-state index < -0.39 is 11.6 Å². The number of nitrogens with zero attached hydrogens (tertiary/aromatic N) is 2.